The van der Waals surface area contributed by atoms with E-state index in [1.807, 2.05) is 11.3 Å². The van der Waals surface area contributed by atoms with Gasteiger partial charge in [-0.25, -0.2) is 4.98 Å². The molecule has 1 fully saturated rings. The van der Waals surface area contributed by atoms with Crippen LogP contribution in [0, 0.1) is 0 Å². The zero-order chi connectivity index (χ0) is 18.5. The Labute approximate surface area is 165 Å². The molecule has 0 spiro atoms. The summed E-state index contributed by atoms with van der Waals surface area (Å²) in [7, 11) is 0. The fraction of sp³-hybridized carbons (Fsp3) is 0.500. The van der Waals surface area contributed by atoms with Gasteiger partial charge in [0.15, 0.2) is 0 Å². The minimum Gasteiger partial charge on any atom is -0.380 e. The van der Waals surface area contributed by atoms with E-state index in [2.05, 4.69) is 58.2 Å². The number of rotatable bonds is 8. The van der Waals surface area contributed by atoms with Crippen molar-refractivity contribution in [3.8, 4) is 0 Å². The van der Waals surface area contributed by atoms with Gasteiger partial charge in [0.25, 0.3) is 0 Å². The van der Waals surface area contributed by atoms with Crippen LogP contribution in [0.2, 0.25) is 0 Å². The number of hydrogen-bond donors (Lipinski definition) is 0. The van der Waals surface area contributed by atoms with Crippen molar-refractivity contribution in [3.63, 3.8) is 0 Å². The molecular weight excluding hydrogens is 354 g/mol. The van der Waals surface area contributed by atoms with Gasteiger partial charge in [-0.1, -0.05) is 18.2 Å². The van der Waals surface area contributed by atoms with Gasteiger partial charge < -0.3 is 14.2 Å². The third-order valence-corrected chi connectivity index (χ3v) is 6.49. The fourth-order valence-electron chi connectivity index (χ4n) is 4.08. The number of ether oxygens (including phenoxy) is 1. The number of piperidine rings is 1. The minimum absolute atomic E-state index is 0.553. The summed E-state index contributed by atoms with van der Waals surface area (Å²) in [5.74, 6) is 1.81. The van der Waals surface area contributed by atoms with E-state index >= 15 is 0 Å². The van der Waals surface area contributed by atoms with Crippen LogP contribution < -0.4 is 0 Å². The highest BCUT2D eigenvalue weighted by Crippen LogP contribution is 2.30. The number of likely N-dealkylation sites (tertiary alicyclic amines) is 1. The summed E-state index contributed by atoms with van der Waals surface area (Å²) in [5, 5.41) is 2.17. The Morgan fingerprint density at radius 2 is 1.96 bits per heavy atom. The van der Waals surface area contributed by atoms with E-state index in [0.717, 1.165) is 25.3 Å². The lowest BCUT2D eigenvalue weighted by Crippen LogP contribution is -2.35. The molecule has 0 amide bonds. The van der Waals surface area contributed by atoms with Gasteiger partial charge in [-0.15, -0.1) is 11.3 Å². The first kappa shape index (κ1) is 18.7. The lowest BCUT2D eigenvalue weighted by molar-refractivity contribution is 0.138. The number of para-hydroxylation sites is 2. The molecule has 1 saturated heterocycles. The predicted octanol–water partition coefficient (Wildman–Crippen LogP) is 4.56. The van der Waals surface area contributed by atoms with Gasteiger partial charge in [-0.3, -0.25) is 0 Å². The van der Waals surface area contributed by atoms with Crippen molar-refractivity contribution < 1.29 is 4.74 Å². The minimum atomic E-state index is 0.553. The van der Waals surface area contributed by atoms with Crippen LogP contribution in [0.1, 0.15) is 36.4 Å². The van der Waals surface area contributed by atoms with Gasteiger partial charge in [0, 0.05) is 30.5 Å². The van der Waals surface area contributed by atoms with Crippen molar-refractivity contribution in [2.24, 2.45) is 0 Å². The maximum atomic E-state index is 5.63. The largest absolute Gasteiger partial charge is 0.380 e. The van der Waals surface area contributed by atoms with Crippen molar-refractivity contribution in [2.75, 3.05) is 32.8 Å². The van der Waals surface area contributed by atoms with Crippen molar-refractivity contribution in [1.29, 1.82) is 0 Å². The maximum absolute atomic E-state index is 5.63. The molecule has 3 aromatic rings. The molecule has 5 heteroatoms. The van der Waals surface area contributed by atoms with Gasteiger partial charge in [0.1, 0.15) is 5.82 Å². The van der Waals surface area contributed by atoms with Crippen molar-refractivity contribution >= 4 is 22.4 Å². The second-order valence-corrected chi connectivity index (χ2v) is 8.28. The average Bonchev–Trinajstić information content (AvgIpc) is 3.35. The second-order valence-electron chi connectivity index (χ2n) is 7.25. The standard InChI is InChI=1S/C22H29N3OS/c1-2-26-16-15-25-21-8-4-3-7-20(21)23-22(25)18-9-12-24(13-10-18)14-11-19-6-5-17-27-19/h3-8,17-18H,2,9-16H2,1H3. The third kappa shape index (κ3) is 4.42. The number of benzene rings is 1. The first-order valence-electron chi connectivity index (χ1n) is 10.1. The first-order chi connectivity index (χ1) is 13.3. The van der Waals surface area contributed by atoms with E-state index in [0.29, 0.717) is 5.92 Å². The molecule has 4 nitrogen and oxygen atoms in total. The van der Waals surface area contributed by atoms with Crippen LogP contribution in [0.4, 0.5) is 0 Å². The molecular formula is C22H29N3OS. The molecule has 4 rings (SSSR count). The third-order valence-electron chi connectivity index (χ3n) is 5.55. The lowest BCUT2D eigenvalue weighted by atomic mass is 9.95. The molecule has 0 N–H and O–H groups in total. The van der Waals surface area contributed by atoms with E-state index < -0.39 is 0 Å². The highest BCUT2D eigenvalue weighted by Gasteiger charge is 2.25. The van der Waals surface area contributed by atoms with E-state index in [4.69, 9.17) is 9.72 Å². The monoisotopic (exact) mass is 383 g/mol. The Hall–Kier alpha value is -1.69. The van der Waals surface area contributed by atoms with Crippen molar-refractivity contribution in [1.82, 2.24) is 14.5 Å². The highest BCUT2D eigenvalue weighted by atomic mass is 32.1. The van der Waals surface area contributed by atoms with Gasteiger partial charge in [0.05, 0.1) is 17.6 Å². The van der Waals surface area contributed by atoms with Crippen LogP contribution in [-0.2, 0) is 17.7 Å². The zero-order valence-corrected chi connectivity index (χ0v) is 17.0. The van der Waals surface area contributed by atoms with Crippen LogP contribution in [0.25, 0.3) is 11.0 Å². The van der Waals surface area contributed by atoms with Crippen LogP contribution in [-0.4, -0.2) is 47.3 Å². The molecule has 1 aromatic carbocycles. The number of nitrogens with zero attached hydrogens (tertiary/aromatic N) is 3. The predicted molar refractivity (Wildman–Crippen MR) is 113 cm³/mol. The SMILES string of the molecule is CCOCCn1c(C2CCN(CCc3cccs3)CC2)nc2ccccc21. The van der Waals surface area contributed by atoms with Gasteiger partial charge >= 0.3 is 0 Å². The Kier molecular flexibility index (Phi) is 6.22. The zero-order valence-electron chi connectivity index (χ0n) is 16.1. The summed E-state index contributed by atoms with van der Waals surface area (Å²) in [6.45, 7) is 7.98. The highest BCUT2D eigenvalue weighted by molar-refractivity contribution is 7.09. The second kappa shape index (κ2) is 9.00. The number of hydrogen-bond acceptors (Lipinski definition) is 4. The van der Waals surface area contributed by atoms with Crippen LogP contribution >= 0.6 is 11.3 Å². The summed E-state index contributed by atoms with van der Waals surface area (Å²) >= 11 is 1.87. The van der Waals surface area contributed by atoms with Gasteiger partial charge in [-0.2, -0.15) is 0 Å². The molecule has 2 aromatic heterocycles. The molecule has 0 aliphatic carbocycles. The van der Waals surface area contributed by atoms with E-state index in [1.165, 1.54) is 55.1 Å². The summed E-state index contributed by atoms with van der Waals surface area (Å²) in [6.07, 6.45) is 3.57. The Bertz CT molecular complexity index is 834. The Morgan fingerprint density at radius 3 is 2.74 bits per heavy atom. The molecule has 144 valence electrons. The molecule has 0 atom stereocenters. The average molecular weight is 384 g/mol. The van der Waals surface area contributed by atoms with Crippen LogP contribution in [0.3, 0.4) is 0 Å². The lowest BCUT2D eigenvalue weighted by Gasteiger charge is -2.31. The molecule has 0 radical (unpaired) electrons. The van der Waals surface area contributed by atoms with Crippen molar-refractivity contribution in [3.05, 3.63) is 52.5 Å². The fourth-order valence-corrected chi connectivity index (χ4v) is 4.78. The molecule has 0 saturated carbocycles. The summed E-state index contributed by atoms with van der Waals surface area (Å²) < 4.78 is 8.03. The first-order valence-corrected chi connectivity index (χ1v) is 11.0. The van der Waals surface area contributed by atoms with E-state index in [9.17, 15) is 0 Å². The number of fused-ring (bicyclic) bond motifs is 1. The van der Waals surface area contributed by atoms with E-state index in [1.54, 1.807) is 0 Å². The van der Waals surface area contributed by atoms with Crippen molar-refractivity contribution in [2.45, 2.75) is 38.6 Å². The molecule has 1 aliphatic heterocycles. The van der Waals surface area contributed by atoms with Crippen LogP contribution in [0.5, 0.6) is 0 Å². The van der Waals surface area contributed by atoms with E-state index in [-0.39, 0.29) is 0 Å². The Balaban J connectivity index is 1.42. The Morgan fingerprint density at radius 1 is 1.11 bits per heavy atom. The normalized spacial score (nSPS) is 16.3. The number of thiophene rings is 1. The summed E-state index contributed by atoms with van der Waals surface area (Å²) in [5.41, 5.74) is 2.36. The quantitative estimate of drug-likeness (QED) is 0.534. The number of aromatic nitrogens is 2. The smallest absolute Gasteiger partial charge is 0.113 e. The van der Waals surface area contributed by atoms with Gasteiger partial charge in [0.2, 0.25) is 0 Å². The molecule has 27 heavy (non-hydrogen) atoms. The summed E-state index contributed by atoms with van der Waals surface area (Å²) in [4.78, 5) is 9.13. The van der Waals surface area contributed by atoms with Gasteiger partial charge in [-0.05, 0) is 62.9 Å². The maximum Gasteiger partial charge on any atom is 0.113 e. The molecule has 0 unspecified atom stereocenters. The number of imidazole rings is 1. The molecule has 0 bridgehead atoms. The molecule has 3 heterocycles. The van der Waals surface area contributed by atoms with Crippen LogP contribution in [0.15, 0.2) is 41.8 Å². The summed E-state index contributed by atoms with van der Waals surface area (Å²) in [6, 6.07) is 12.9. The molecule has 1 aliphatic rings. The topological polar surface area (TPSA) is 30.3 Å².